The van der Waals surface area contributed by atoms with Crippen LogP contribution in [0.2, 0.25) is 0 Å². The Morgan fingerprint density at radius 1 is 1.38 bits per heavy atom. The molecule has 1 rings (SSSR count). The monoisotopic (exact) mass is 243 g/mol. The lowest BCUT2D eigenvalue weighted by molar-refractivity contribution is 0.580. The molecule has 90 valence electrons. The molecule has 0 aliphatic heterocycles. The van der Waals surface area contributed by atoms with Crippen molar-refractivity contribution in [2.75, 3.05) is 18.4 Å². The van der Waals surface area contributed by atoms with E-state index in [0.29, 0.717) is 12.2 Å². The molecule has 0 aliphatic rings. The van der Waals surface area contributed by atoms with Crippen LogP contribution in [-0.2, 0) is 10.0 Å². The second-order valence-corrected chi connectivity index (χ2v) is 4.97. The van der Waals surface area contributed by atoms with Gasteiger partial charge in [-0.3, -0.25) is 0 Å². The number of hydrogen-bond acceptors (Lipinski definition) is 4. The Kier molecular flexibility index (Phi) is 4.70. The molecule has 0 aliphatic carbocycles. The molecule has 5 nitrogen and oxygen atoms in total. The van der Waals surface area contributed by atoms with Crippen LogP contribution in [0.1, 0.15) is 20.3 Å². The van der Waals surface area contributed by atoms with Crippen LogP contribution in [0.3, 0.4) is 0 Å². The quantitative estimate of drug-likeness (QED) is 0.787. The zero-order valence-corrected chi connectivity index (χ0v) is 10.3. The summed E-state index contributed by atoms with van der Waals surface area (Å²) >= 11 is 0. The number of rotatable bonds is 6. The minimum Gasteiger partial charge on any atom is -0.383 e. The molecular formula is C10H17N3O2S. The molecule has 1 aromatic heterocycles. The Balaban J connectivity index is 3.03. The predicted octanol–water partition coefficient (Wildman–Crippen LogP) is 1.20. The molecule has 0 spiro atoms. The summed E-state index contributed by atoms with van der Waals surface area (Å²) < 4.78 is 26.0. The van der Waals surface area contributed by atoms with E-state index in [0.717, 1.165) is 13.0 Å². The molecule has 0 bridgehead atoms. The van der Waals surface area contributed by atoms with E-state index in [1.54, 1.807) is 19.1 Å². The number of anilines is 1. The zero-order valence-electron chi connectivity index (χ0n) is 9.53. The molecule has 0 amide bonds. The number of aromatic nitrogens is 1. The molecule has 16 heavy (non-hydrogen) atoms. The van der Waals surface area contributed by atoms with Crippen molar-refractivity contribution in [1.29, 1.82) is 0 Å². The van der Waals surface area contributed by atoms with Gasteiger partial charge in [-0.2, -0.15) is 0 Å². The Morgan fingerprint density at radius 3 is 2.75 bits per heavy atom. The summed E-state index contributed by atoms with van der Waals surface area (Å²) in [6.45, 7) is 4.83. The first-order valence-electron chi connectivity index (χ1n) is 5.30. The maximum Gasteiger partial charge on any atom is 0.260 e. The highest BCUT2D eigenvalue weighted by atomic mass is 32.2. The summed E-state index contributed by atoms with van der Waals surface area (Å²) in [4.78, 5) is 3.91. The van der Waals surface area contributed by atoms with Crippen molar-refractivity contribution in [1.82, 2.24) is 9.71 Å². The van der Waals surface area contributed by atoms with Gasteiger partial charge < -0.3 is 5.32 Å². The molecule has 0 saturated carbocycles. The Hall–Kier alpha value is -1.14. The van der Waals surface area contributed by atoms with Crippen molar-refractivity contribution in [3.63, 3.8) is 0 Å². The largest absolute Gasteiger partial charge is 0.383 e. The fourth-order valence-corrected chi connectivity index (χ4v) is 2.40. The smallest absolute Gasteiger partial charge is 0.260 e. The lowest BCUT2D eigenvalue weighted by atomic mass is 10.4. The number of sulfonamides is 1. The lowest BCUT2D eigenvalue weighted by Gasteiger charge is -2.10. The third-order valence-corrected chi connectivity index (χ3v) is 3.43. The van der Waals surface area contributed by atoms with E-state index in [-0.39, 0.29) is 5.03 Å². The van der Waals surface area contributed by atoms with E-state index in [1.807, 2.05) is 6.92 Å². The summed E-state index contributed by atoms with van der Waals surface area (Å²) in [5.41, 5.74) is 0.547. The van der Waals surface area contributed by atoms with Crippen molar-refractivity contribution in [2.45, 2.75) is 25.3 Å². The molecule has 0 atom stereocenters. The van der Waals surface area contributed by atoms with Gasteiger partial charge in [0.05, 0.1) is 5.69 Å². The lowest BCUT2D eigenvalue weighted by Crippen LogP contribution is -2.25. The minimum absolute atomic E-state index is 0.0605. The summed E-state index contributed by atoms with van der Waals surface area (Å²) in [7, 11) is -3.50. The Morgan fingerprint density at radius 2 is 2.12 bits per heavy atom. The van der Waals surface area contributed by atoms with Crippen LogP contribution in [0.4, 0.5) is 5.69 Å². The number of pyridine rings is 1. The minimum atomic E-state index is -3.50. The molecule has 0 fully saturated rings. The van der Waals surface area contributed by atoms with Crippen LogP contribution in [0.5, 0.6) is 0 Å². The van der Waals surface area contributed by atoms with Crippen LogP contribution < -0.4 is 10.0 Å². The second kappa shape index (κ2) is 5.81. The first kappa shape index (κ1) is 12.9. The van der Waals surface area contributed by atoms with Crippen LogP contribution in [-0.4, -0.2) is 26.5 Å². The van der Waals surface area contributed by atoms with E-state index < -0.39 is 10.0 Å². The summed E-state index contributed by atoms with van der Waals surface area (Å²) in [6.07, 6.45) is 2.40. The third kappa shape index (κ3) is 3.18. The van der Waals surface area contributed by atoms with Crippen molar-refractivity contribution in [3.8, 4) is 0 Å². The SMILES string of the molecule is CCCNc1cccnc1S(=O)(=O)NCC. The number of nitrogens with zero attached hydrogens (tertiary/aromatic N) is 1. The van der Waals surface area contributed by atoms with Crippen LogP contribution in [0.15, 0.2) is 23.4 Å². The van der Waals surface area contributed by atoms with Gasteiger partial charge in [0.1, 0.15) is 0 Å². The fraction of sp³-hybridized carbons (Fsp3) is 0.500. The molecule has 1 aromatic rings. The van der Waals surface area contributed by atoms with Crippen LogP contribution in [0.25, 0.3) is 0 Å². The van der Waals surface area contributed by atoms with Gasteiger partial charge in [0.2, 0.25) is 0 Å². The first-order valence-corrected chi connectivity index (χ1v) is 6.78. The predicted molar refractivity (Wildman–Crippen MR) is 63.9 cm³/mol. The van der Waals surface area contributed by atoms with Gasteiger partial charge in [-0.1, -0.05) is 13.8 Å². The van der Waals surface area contributed by atoms with Crippen LogP contribution >= 0.6 is 0 Å². The highest BCUT2D eigenvalue weighted by Crippen LogP contribution is 2.17. The Bertz CT molecular complexity index is 431. The van der Waals surface area contributed by atoms with Gasteiger partial charge in [-0.15, -0.1) is 0 Å². The van der Waals surface area contributed by atoms with Gasteiger partial charge >= 0.3 is 0 Å². The highest BCUT2D eigenvalue weighted by Gasteiger charge is 2.18. The molecule has 6 heteroatoms. The van der Waals surface area contributed by atoms with E-state index in [9.17, 15) is 8.42 Å². The van der Waals surface area contributed by atoms with Gasteiger partial charge in [0, 0.05) is 19.3 Å². The van der Waals surface area contributed by atoms with Crippen LogP contribution in [0, 0.1) is 0 Å². The van der Waals surface area contributed by atoms with E-state index in [4.69, 9.17) is 0 Å². The maximum absolute atomic E-state index is 11.8. The summed E-state index contributed by atoms with van der Waals surface area (Å²) in [5, 5.41) is 3.11. The van der Waals surface area contributed by atoms with Gasteiger partial charge in [-0.25, -0.2) is 18.1 Å². The summed E-state index contributed by atoms with van der Waals surface area (Å²) in [5.74, 6) is 0. The standard InChI is InChI=1S/C10H17N3O2S/c1-3-7-11-9-6-5-8-12-10(9)16(14,15)13-4-2/h5-6,8,11,13H,3-4,7H2,1-2H3. The molecule has 2 N–H and O–H groups in total. The maximum atomic E-state index is 11.8. The Labute approximate surface area is 96.3 Å². The highest BCUT2D eigenvalue weighted by molar-refractivity contribution is 7.89. The first-order chi connectivity index (χ1) is 7.61. The molecule has 0 aromatic carbocycles. The average Bonchev–Trinajstić information content (AvgIpc) is 2.26. The van der Waals surface area contributed by atoms with E-state index in [1.165, 1.54) is 6.20 Å². The number of nitrogens with one attached hydrogen (secondary N) is 2. The van der Waals surface area contributed by atoms with Crippen molar-refractivity contribution in [3.05, 3.63) is 18.3 Å². The molecule has 0 radical (unpaired) electrons. The van der Waals surface area contributed by atoms with E-state index in [2.05, 4.69) is 15.0 Å². The molecule has 1 heterocycles. The molecular weight excluding hydrogens is 226 g/mol. The zero-order chi connectivity index (χ0) is 12.0. The van der Waals surface area contributed by atoms with Crippen molar-refractivity contribution >= 4 is 15.7 Å². The van der Waals surface area contributed by atoms with Gasteiger partial charge in [0.15, 0.2) is 5.03 Å². The average molecular weight is 243 g/mol. The normalized spacial score (nSPS) is 11.4. The topological polar surface area (TPSA) is 71.1 Å². The third-order valence-electron chi connectivity index (χ3n) is 1.93. The van der Waals surface area contributed by atoms with Gasteiger partial charge in [-0.05, 0) is 18.6 Å². The van der Waals surface area contributed by atoms with Crippen molar-refractivity contribution < 1.29 is 8.42 Å². The summed E-state index contributed by atoms with van der Waals surface area (Å²) in [6, 6.07) is 3.43. The molecule has 0 saturated heterocycles. The number of hydrogen-bond donors (Lipinski definition) is 2. The fourth-order valence-electron chi connectivity index (χ4n) is 1.26. The van der Waals surface area contributed by atoms with Crippen molar-refractivity contribution in [2.24, 2.45) is 0 Å². The van der Waals surface area contributed by atoms with E-state index >= 15 is 0 Å². The second-order valence-electron chi connectivity index (χ2n) is 3.28. The van der Waals surface area contributed by atoms with Gasteiger partial charge in [0.25, 0.3) is 10.0 Å². The molecule has 0 unspecified atom stereocenters.